The average Bonchev–Trinajstić information content (AvgIpc) is 3.32. The van der Waals surface area contributed by atoms with Gasteiger partial charge >= 0.3 is 0 Å². The van der Waals surface area contributed by atoms with Crippen molar-refractivity contribution in [2.75, 3.05) is 7.11 Å². The van der Waals surface area contributed by atoms with Crippen molar-refractivity contribution >= 4 is 16.8 Å². The van der Waals surface area contributed by atoms with E-state index in [2.05, 4.69) is 10.2 Å². The molecule has 0 atom stereocenters. The molecule has 1 N–H and O–H groups in total. The minimum Gasteiger partial charge on any atom is -0.493 e. The van der Waals surface area contributed by atoms with Crippen molar-refractivity contribution in [2.24, 2.45) is 0 Å². The summed E-state index contributed by atoms with van der Waals surface area (Å²) < 4.78 is 38.6. The summed E-state index contributed by atoms with van der Waals surface area (Å²) in [5.41, 5.74) is 2.59. The van der Waals surface area contributed by atoms with Crippen molar-refractivity contribution in [3.63, 3.8) is 0 Å². The van der Waals surface area contributed by atoms with Gasteiger partial charge in [0.05, 0.1) is 12.8 Å². The monoisotopic (exact) mass is 382 g/mol. The lowest BCUT2D eigenvalue weighted by Crippen LogP contribution is -1.96. The normalized spacial score (nSPS) is 11.1. The summed E-state index contributed by atoms with van der Waals surface area (Å²) in [5, 5.41) is 7.72. The highest BCUT2D eigenvalue weighted by Crippen LogP contribution is 2.37. The molecule has 0 amide bonds. The molecule has 0 spiro atoms. The highest BCUT2D eigenvalue weighted by molar-refractivity contribution is 6.02. The first-order valence-corrected chi connectivity index (χ1v) is 8.57. The first kappa shape index (κ1) is 17.9. The maximum absolute atomic E-state index is 14.1. The maximum Gasteiger partial charge on any atom is 0.194 e. The summed E-state index contributed by atoms with van der Waals surface area (Å²) >= 11 is 0. The smallest absolute Gasteiger partial charge is 0.194 e. The lowest BCUT2D eigenvalue weighted by molar-refractivity contribution is 0.0989. The Bertz CT molecular complexity index is 1190. The summed E-state index contributed by atoms with van der Waals surface area (Å²) in [4.78, 5) is 11.8. The number of hydrogen-bond acceptors (Lipinski definition) is 4. The lowest BCUT2D eigenvalue weighted by atomic mass is 9.99. The molecule has 0 radical (unpaired) electrons. The van der Waals surface area contributed by atoms with E-state index in [4.69, 9.17) is 9.15 Å². The Morgan fingerprint density at radius 1 is 1.21 bits per heavy atom. The van der Waals surface area contributed by atoms with Crippen LogP contribution in [0.15, 0.2) is 47.0 Å². The van der Waals surface area contributed by atoms with Crippen LogP contribution < -0.4 is 4.74 Å². The number of aromatic nitrogens is 2. The Morgan fingerprint density at radius 3 is 2.79 bits per heavy atom. The molecule has 28 heavy (non-hydrogen) atoms. The van der Waals surface area contributed by atoms with Crippen molar-refractivity contribution in [3.8, 4) is 17.0 Å². The third kappa shape index (κ3) is 2.94. The molecule has 4 aromatic rings. The molecule has 0 saturated carbocycles. The van der Waals surface area contributed by atoms with E-state index < -0.39 is 11.6 Å². The molecule has 2 aromatic heterocycles. The summed E-state index contributed by atoms with van der Waals surface area (Å²) in [6, 6.07) is 9.22. The Hall–Kier alpha value is -3.48. The number of rotatable bonds is 5. The molecule has 142 valence electrons. The molecule has 0 fully saturated rings. The number of nitrogens with one attached hydrogen (secondary N) is 1. The SMILES string of the molecule is COc1ccc(-c2n[nH]cc2Cc2cccc(F)c2F)c2cc(C(C)=O)oc12. The Labute approximate surface area is 158 Å². The predicted octanol–water partition coefficient (Wildman–Crippen LogP) is 4.90. The summed E-state index contributed by atoms with van der Waals surface area (Å²) in [5.74, 6) is -1.30. The van der Waals surface area contributed by atoms with Crippen LogP contribution in [0.2, 0.25) is 0 Å². The number of carbonyl (C=O) groups excluding carboxylic acids is 1. The minimum absolute atomic E-state index is 0.153. The second-order valence-electron chi connectivity index (χ2n) is 6.37. The van der Waals surface area contributed by atoms with Gasteiger partial charge in [0.25, 0.3) is 0 Å². The number of carbonyl (C=O) groups is 1. The Balaban J connectivity index is 1.85. The van der Waals surface area contributed by atoms with Crippen molar-refractivity contribution in [2.45, 2.75) is 13.3 Å². The number of fused-ring (bicyclic) bond motifs is 1. The van der Waals surface area contributed by atoms with Crippen molar-refractivity contribution in [1.82, 2.24) is 10.2 Å². The molecule has 4 rings (SSSR count). The highest BCUT2D eigenvalue weighted by atomic mass is 19.2. The van der Waals surface area contributed by atoms with E-state index in [0.29, 0.717) is 33.5 Å². The molecule has 7 heteroatoms. The van der Waals surface area contributed by atoms with Crippen LogP contribution in [0.5, 0.6) is 5.75 Å². The number of ketones is 1. The van der Waals surface area contributed by atoms with E-state index in [1.165, 1.54) is 26.2 Å². The van der Waals surface area contributed by atoms with E-state index in [0.717, 1.165) is 6.07 Å². The van der Waals surface area contributed by atoms with Crippen LogP contribution in [-0.4, -0.2) is 23.1 Å². The van der Waals surface area contributed by atoms with Crippen LogP contribution in [0.4, 0.5) is 8.78 Å². The number of nitrogens with zero attached hydrogens (tertiary/aromatic N) is 1. The van der Waals surface area contributed by atoms with Gasteiger partial charge < -0.3 is 9.15 Å². The lowest BCUT2D eigenvalue weighted by Gasteiger charge is -2.07. The van der Waals surface area contributed by atoms with Gasteiger partial charge in [-0.1, -0.05) is 12.1 Å². The molecule has 2 heterocycles. The van der Waals surface area contributed by atoms with Gasteiger partial charge in [0, 0.05) is 36.1 Å². The molecule has 0 aliphatic carbocycles. The van der Waals surface area contributed by atoms with Gasteiger partial charge in [-0.05, 0) is 29.8 Å². The predicted molar refractivity (Wildman–Crippen MR) is 99.5 cm³/mol. The first-order chi connectivity index (χ1) is 13.5. The Kier molecular flexibility index (Phi) is 4.43. The van der Waals surface area contributed by atoms with Crippen molar-refractivity contribution in [1.29, 1.82) is 0 Å². The number of H-pyrrole nitrogens is 1. The second kappa shape index (κ2) is 6.92. The van der Waals surface area contributed by atoms with Crippen molar-refractivity contribution < 1.29 is 22.7 Å². The molecule has 0 aliphatic rings. The first-order valence-electron chi connectivity index (χ1n) is 8.57. The zero-order chi connectivity index (χ0) is 19.8. The molecule has 0 bridgehead atoms. The van der Waals surface area contributed by atoms with Gasteiger partial charge in [-0.3, -0.25) is 9.89 Å². The van der Waals surface area contributed by atoms with E-state index in [9.17, 15) is 13.6 Å². The fourth-order valence-electron chi connectivity index (χ4n) is 3.21. The average molecular weight is 382 g/mol. The quantitative estimate of drug-likeness (QED) is 0.499. The third-order valence-corrected chi connectivity index (χ3v) is 4.60. The van der Waals surface area contributed by atoms with Gasteiger partial charge in [0.15, 0.2) is 34.5 Å². The van der Waals surface area contributed by atoms with Crippen LogP contribution >= 0.6 is 0 Å². The maximum atomic E-state index is 14.1. The number of ether oxygens (including phenoxy) is 1. The number of methoxy groups -OCH3 is 1. The molecule has 0 unspecified atom stereocenters. The fraction of sp³-hybridized carbons (Fsp3) is 0.143. The van der Waals surface area contributed by atoms with Crippen LogP contribution in [-0.2, 0) is 6.42 Å². The second-order valence-corrected chi connectivity index (χ2v) is 6.37. The summed E-state index contributed by atoms with van der Waals surface area (Å²) in [6.45, 7) is 1.41. The Morgan fingerprint density at radius 2 is 2.04 bits per heavy atom. The van der Waals surface area contributed by atoms with Gasteiger partial charge in [-0.2, -0.15) is 5.10 Å². The third-order valence-electron chi connectivity index (χ3n) is 4.60. The number of hydrogen-bond donors (Lipinski definition) is 1. The number of furan rings is 1. The standard InChI is InChI=1S/C21H16F2N2O3/c1-11(26)18-9-15-14(6-7-17(27-2)21(15)28-18)20-13(10-24-25-20)8-12-4-3-5-16(22)19(12)23/h3-7,9-10H,8H2,1-2H3,(H,24,25). The molecular weight excluding hydrogens is 366 g/mol. The fourth-order valence-corrected chi connectivity index (χ4v) is 3.21. The number of benzene rings is 2. The van der Waals surface area contributed by atoms with E-state index in [1.807, 2.05) is 0 Å². The van der Waals surface area contributed by atoms with Crippen LogP contribution in [0.3, 0.4) is 0 Å². The van der Waals surface area contributed by atoms with E-state index in [1.54, 1.807) is 24.4 Å². The van der Waals surface area contributed by atoms with Crippen molar-refractivity contribution in [3.05, 3.63) is 71.1 Å². The topological polar surface area (TPSA) is 68.1 Å². The minimum atomic E-state index is -0.893. The van der Waals surface area contributed by atoms with Gasteiger partial charge in [0.2, 0.25) is 0 Å². The van der Waals surface area contributed by atoms with E-state index in [-0.39, 0.29) is 23.5 Å². The molecule has 5 nitrogen and oxygen atoms in total. The van der Waals surface area contributed by atoms with Gasteiger partial charge in [-0.15, -0.1) is 0 Å². The molecule has 0 saturated heterocycles. The molecular formula is C21H16F2N2O3. The summed E-state index contributed by atoms with van der Waals surface area (Å²) in [7, 11) is 1.51. The van der Waals surface area contributed by atoms with Crippen LogP contribution in [0.25, 0.3) is 22.2 Å². The van der Waals surface area contributed by atoms with Gasteiger partial charge in [-0.25, -0.2) is 8.78 Å². The van der Waals surface area contributed by atoms with Crippen LogP contribution in [0.1, 0.15) is 28.6 Å². The van der Waals surface area contributed by atoms with Crippen LogP contribution in [0, 0.1) is 11.6 Å². The molecule has 2 aromatic carbocycles. The number of aromatic amines is 1. The highest BCUT2D eigenvalue weighted by Gasteiger charge is 2.20. The zero-order valence-electron chi connectivity index (χ0n) is 15.2. The number of Topliss-reactive ketones (excluding diaryl/α,β-unsaturated/α-hetero) is 1. The number of halogens is 2. The zero-order valence-corrected chi connectivity index (χ0v) is 15.2. The van der Waals surface area contributed by atoms with Gasteiger partial charge in [0.1, 0.15) is 0 Å². The molecule has 0 aliphatic heterocycles. The largest absolute Gasteiger partial charge is 0.493 e. The summed E-state index contributed by atoms with van der Waals surface area (Å²) in [6.07, 6.45) is 1.79. The van der Waals surface area contributed by atoms with E-state index >= 15 is 0 Å².